The Balaban J connectivity index is 2.08. The van der Waals surface area contributed by atoms with Crippen LogP contribution in [0, 0.1) is 0 Å². The number of ether oxygens (including phenoxy) is 1. The summed E-state index contributed by atoms with van der Waals surface area (Å²) in [5, 5.41) is 0. The van der Waals surface area contributed by atoms with Crippen LogP contribution in [0.2, 0.25) is 0 Å². The number of nitrogens with zero attached hydrogens (tertiary/aromatic N) is 4. The molecule has 2 aromatic rings. The van der Waals surface area contributed by atoms with Crippen molar-refractivity contribution in [2.75, 3.05) is 25.1 Å². The molecule has 2 aromatic heterocycles. The first-order chi connectivity index (χ1) is 10.8. The summed E-state index contributed by atoms with van der Waals surface area (Å²) >= 11 is 0. The Morgan fingerprint density at radius 2 is 2.23 bits per heavy atom. The molecular weight excluding hydrogens is 284 g/mol. The first kappa shape index (κ1) is 14.0. The summed E-state index contributed by atoms with van der Waals surface area (Å²) in [4.78, 5) is 32.2. The third-order valence-electron chi connectivity index (χ3n) is 3.42. The molecule has 7 heteroatoms. The number of hydrogen-bond donors (Lipinski definition) is 0. The highest BCUT2D eigenvalue weighted by Gasteiger charge is 2.21. The zero-order valence-electron chi connectivity index (χ0n) is 12.0. The predicted octanol–water partition coefficient (Wildman–Crippen LogP) is 0.795. The van der Waals surface area contributed by atoms with Crippen molar-refractivity contribution in [1.82, 2.24) is 9.55 Å². The molecule has 1 aliphatic heterocycles. The zero-order valence-corrected chi connectivity index (χ0v) is 12.0. The number of aromatic nitrogens is 2. The van der Waals surface area contributed by atoms with Crippen molar-refractivity contribution >= 4 is 24.2 Å². The molecule has 3 heterocycles. The third kappa shape index (κ3) is 2.37. The lowest BCUT2D eigenvalue weighted by molar-refractivity contribution is 0.112. The van der Waals surface area contributed by atoms with Crippen LogP contribution in [-0.2, 0) is 4.79 Å². The predicted molar refractivity (Wildman–Crippen MR) is 80.2 cm³/mol. The molecule has 0 saturated carbocycles. The monoisotopic (exact) mass is 298 g/mol. The molecule has 0 saturated heterocycles. The van der Waals surface area contributed by atoms with E-state index in [9.17, 15) is 9.59 Å². The fraction of sp³-hybridized carbons (Fsp3) is 0.200. The summed E-state index contributed by atoms with van der Waals surface area (Å²) in [7, 11) is 1.63. The molecule has 0 aliphatic carbocycles. The average molecular weight is 298 g/mol. The van der Waals surface area contributed by atoms with Crippen LogP contribution in [0.25, 0.3) is 0 Å². The Morgan fingerprint density at radius 1 is 1.36 bits per heavy atom. The van der Waals surface area contributed by atoms with Crippen LogP contribution >= 0.6 is 0 Å². The Labute approximate surface area is 126 Å². The van der Waals surface area contributed by atoms with Crippen molar-refractivity contribution in [2.24, 2.45) is 4.99 Å². The Morgan fingerprint density at radius 3 is 2.95 bits per heavy atom. The molecule has 1 aliphatic rings. The van der Waals surface area contributed by atoms with Gasteiger partial charge in [0.05, 0.1) is 6.54 Å². The van der Waals surface area contributed by atoms with Gasteiger partial charge in [-0.05, 0) is 12.1 Å². The molecule has 0 N–H and O–H groups in total. The number of fused-ring (bicyclic) bond motifs is 1. The van der Waals surface area contributed by atoms with Gasteiger partial charge < -0.3 is 9.64 Å². The van der Waals surface area contributed by atoms with Gasteiger partial charge in [0.15, 0.2) is 17.9 Å². The molecule has 0 fully saturated rings. The quantitative estimate of drug-likeness (QED) is 0.783. The molecule has 0 amide bonds. The Bertz CT molecular complexity index is 798. The number of anilines is 2. The van der Waals surface area contributed by atoms with Crippen LogP contribution in [0.5, 0.6) is 5.75 Å². The van der Waals surface area contributed by atoms with Gasteiger partial charge in [-0.1, -0.05) is 0 Å². The van der Waals surface area contributed by atoms with Crippen LogP contribution in [0.1, 0.15) is 10.4 Å². The van der Waals surface area contributed by atoms with E-state index in [4.69, 9.17) is 4.74 Å². The van der Waals surface area contributed by atoms with Gasteiger partial charge >= 0.3 is 0 Å². The van der Waals surface area contributed by atoms with Gasteiger partial charge in [-0.15, -0.1) is 0 Å². The summed E-state index contributed by atoms with van der Waals surface area (Å²) in [6.45, 7) is 1.10. The van der Waals surface area contributed by atoms with E-state index in [0.717, 1.165) is 12.0 Å². The standard InChI is InChI=1S/C15H14N4O3/c1-16-14-7-12(2-3-18(14)10-21)19-4-5-22-13-6-11(9-20)8-17-15(13)19/h2-3,6-10H,4-5H2,1H3/b16-14-. The van der Waals surface area contributed by atoms with E-state index < -0.39 is 0 Å². The first-order valence-corrected chi connectivity index (χ1v) is 6.72. The minimum absolute atomic E-state index is 0.469. The zero-order chi connectivity index (χ0) is 15.5. The summed E-state index contributed by atoms with van der Waals surface area (Å²) in [6.07, 6.45) is 4.60. The van der Waals surface area contributed by atoms with E-state index in [1.165, 1.54) is 10.8 Å². The van der Waals surface area contributed by atoms with Gasteiger partial charge in [0, 0.05) is 36.8 Å². The smallest absolute Gasteiger partial charge is 0.219 e. The number of pyridine rings is 2. The lowest BCUT2D eigenvalue weighted by Crippen LogP contribution is -2.31. The van der Waals surface area contributed by atoms with E-state index >= 15 is 0 Å². The topological polar surface area (TPSA) is 76.8 Å². The van der Waals surface area contributed by atoms with Crippen LogP contribution < -0.4 is 15.1 Å². The van der Waals surface area contributed by atoms with Crippen molar-refractivity contribution < 1.29 is 14.3 Å². The van der Waals surface area contributed by atoms with E-state index in [2.05, 4.69) is 9.98 Å². The number of aldehydes is 1. The molecule has 0 atom stereocenters. The Hall–Kier alpha value is -2.96. The number of carbonyl (C=O) groups is 2. The van der Waals surface area contributed by atoms with E-state index in [0.29, 0.717) is 42.2 Å². The maximum absolute atomic E-state index is 11.0. The molecule has 112 valence electrons. The Kier molecular flexibility index (Phi) is 3.69. The van der Waals surface area contributed by atoms with Gasteiger partial charge in [0.25, 0.3) is 0 Å². The summed E-state index contributed by atoms with van der Waals surface area (Å²) in [5.74, 6) is 1.21. The molecular formula is C15H14N4O3. The second kappa shape index (κ2) is 5.80. The molecule has 0 radical (unpaired) electrons. The maximum Gasteiger partial charge on any atom is 0.219 e. The summed E-state index contributed by atoms with van der Waals surface area (Å²) in [5.41, 5.74) is 1.87. The second-order valence-electron chi connectivity index (χ2n) is 4.69. The van der Waals surface area contributed by atoms with Gasteiger partial charge in [-0.25, -0.2) is 4.98 Å². The molecule has 0 bridgehead atoms. The van der Waals surface area contributed by atoms with E-state index in [1.807, 2.05) is 11.0 Å². The number of hydrogen-bond acceptors (Lipinski definition) is 6. The molecule has 0 unspecified atom stereocenters. The minimum atomic E-state index is 0.469. The fourth-order valence-corrected chi connectivity index (χ4v) is 2.36. The minimum Gasteiger partial charge on any atom is -0.488 e. The SMILES string of the molecule is C/N=c1/cc(N2CCOc3cc(C=O)cnc32)ccn1C=O. The summed E-state index contributed by atoms with van der Waals surface area (Å²) in [6, 6.07) is 5.29. The van der Waals surface area contributed by atoms with Crippen molar-refractivity contribution in [3.05, 3.63) is 41.6 Å². The van der Waals surface area contributed by atoms with Crippen LogP contribution in [0.3, 0.4) is 0 Å². The lowest BCUT2D eigenvalue weighted by atomic mass is 10.2. The maximum atomic E-state index is 11.0. The van der Waals surface area contributed by atoms with E-state index in [-0.39, 0.29) is 0 Å². The molecule has 22 heavy (non-hydrogen) atoms. The second-order valence-corrected chi connectivity index (χ2v) is 4.69. The number of carbonyl (C=O) groups excluding carboxylic acids is 2. The summed E-state index contributed by atoms with van der Waals surface area (Å²) < 4.78 is 6.97. The van der Waals surface area contributed by atoms with Crippen molar-refractivity contribution in [3.8, 4) is 5.75 Å². The normalized spacial score (nSPS) is 14.2. The van der Waals surface area contributed by atoms with E-state index in [1.54, 1.807) is 25.4 Å². The van der Waals surface area contributed by atoms with Crippen LogP contribution in [-0.4, -0.2) is 42.4 Å². The molecule has 0 aromatic carbocycles. The molecule has 0 spiro atoms. The van der Waals surface area contributed by atoms with Gasteiger partial charge in [0.2, 0.25) is 6.41 Å². The highest BCUT2D eigenvalue weighted by Crippen LogP contribution is 2.34. The van der Waals surface area contributed by atoms with Crippen molar-refractivity contribution in [1.29, 1.82) is 0 Å². The van der Waals surface area contributed by atoms with Gasteiger partial charge in [0.1, 0.15) is 12.1 Å². The van der Waals surface area contributed by atoms with Crippen LogP contribution in [0.4, 0.5) is 11.5 Å². The average Bonchev–Trinajstić information content (AvgIpc) is 2.60. The third-order valence-corrected chi connectivity index (χ3v) is 3.42. The first-order valence-electron chi connectivity index (χ1n) is 6.72. The van der Waals surface area contributed by atoms with Gasteiger partial charge in [-0.3, -0.25) is 19.1 Å². The highest BCUT2D eigenvalue weighted by atomic mass is 16.5. The van der Waals surface area contributed by atoms with Gasteiger partial charge in [-0.2, -0.15) is 0 Å². The van der Waals surface area contributed by atoms with Crippen LogP contribution in [0.15, 0.2) is 35.6 Å². The lowest BCUT2D eigenvalue weighted by Gasteiger charge is -2.30. The largest absolute Gasteiger partial charge is 0.488 e. The fourth-order valence-electron chi connectivity index (χ4n) is 2.36. The molecule has 3 rings (SSSR count). The van der Waals surface area contributed by atoms with Crippen molar-refractivity contribution in [3.63, 3.8) is 0 Å². The molecule has 7 nitrogen and oxygen atoms in total. The van der Waals surface area contributed by atoms with Crippen molar-refractivity contribution in [2.45, 2.75) is 0 Å². The number of rotatable bonds is 3. The highest BCUT2D eigenvalue weighted by molar-refractivity contribution is 5.78.